The first-order valence-corrected chi connectivity index (χ1v) is 11.4. The number of amides is 2. The van der Waals surface area contributed by atoms with Gasteiger partial charge in [-0.05, 0) is 39.0 Å². The van der Waals surface area contributed by atoms with Gasteiger partial charge in [0, 0.05) is 12.7 Å². The quantitative estimate of drug-likeness (QED) is 0.576. The van der Waals surface area contributed by atoms with E-state index in [9.17, 15) is 35.6 Å². The molecule has 1 aromatic heterocycles. The number of aromatic nitrogens is 2. The summed E-state index contributed by atoms with van der Waals surface area (Å²) in [5.41, 5.74) is -1.30. The summed E-state index contributed by atoms with van der Waals surface area (Å²) in [6.45, 7) is 4.72. The molecule has 0 saturated carbocycles. The van der Waals surface area contributed by atoms with E-state index in [0.29, 0.717) is 7.11 Å². The normalized spacial score (nSPS) is 19.7. The van der Waals surface area contributed by atoms with Gasteiger partial charge in [-0.2, -0.15) is 17.6 Å². The Morgan fingerprint density at radius 1 is 1.20 bits per heavy atom. The number of rotatable bonds is 4. The number of benzene rings is 1. The number of hydrogen-bond donors (Lipinski definition) is 2. The van der Waals surface area contributed by atoms with E-state index in [2.05, 4.69) is 25.6 Å². The Morgan fingerprint density at radius 2 is 1.86 bits per heavy atom. The van der Waals surface area contributed by atoms with E-state index in [1.54, 1.807) is 20.8 Å². The van der Waals surface area contributed by atoms with E-state index in [1.807, 2.05) is 0 Å². The van der Waals surface area contributed by atoms with Gasteiger partial charge in [0.15, 0.2) is 9.84 Å². The van der Waals surface area contributed by atoms with Gasteiger partial charge in [0.1, 0.15) is 11.6 Å². The number of fused-ring (bicyclic) bond motifs is 1. The van der Waals surface area contributed by atoms with Crippen molar-refractivity contribution in [2.45, 2.75) is 49.3 Å². The number of anilines is 1. The molecular weight excluding hydrogens is 504 g/mol. The van der Waals surface area contributed by atoms with Crippen molar-refractivity contribution >= 4 is 27.5 Å². The van der Waals surface area contributed by atoms with Crippen molar-refractivity contribution in [1.82, 2.24) is 15.5 Å². The van der Waals surface area contributed by atoms with Gasteiger partial charge in [-0.25, -0.2) is 13.2 Å². The maximum atomic E-state index is 14.3. The lowest BCUT2D eigenvalue weighted by molar-refractivity contribution is -0.341. The smallest absolute Gasteiger partial charge is 0.444 e. The van der Waals surface area contributed by atoms with E-state index in [1.165, 1.54) is 0 Å². The van der Waals surface area contributed by atoms with Crippen LogP contribution in [-0.2, 0) is 30.0 Å². The van der Waals surface area contributed by atoms with Crippen LogP contribution in [0, 0.1) is 0 Å². The highest BCUT2D eigenvalue weighted by molar-refractivity contribution is 7.91. The van der Waals surface area contributed by atoms with Crippen LogP contribution < -0.4 is 10.6 Å². The fourth-order valence-corrected chi connectivity index (χ4v) is 4.56. The molecule has 2 heterocycles. The Labute approximate surface area is 196 Å². The molecule has 2 amide bonds. The second-order valence-electron chi connectivity index (χ2n) is 8.39. The monoisotopic (exact) mass is 524 g/mol. The molecule has 0 radical (unpaired) electrons. The fourth-order valence-electron chi connectivity index (χ4n) is 2.99. The minimum Gasteiger partial charge on any atom is -0.444 e. The molecule has 16 heteroatoms. The number of sulfone groups is 1. The largest absolute Gasteiger partial charge is 0.458 e. The van der Waals surface area contributed by atoms with E-state index in [-0.39, 0.29) is 16.1 Å². The van der Waals surface area contributed by atoms with Crippen LogP contribution >= 0.6 is 0 Å². The van der Waals surface area contributed by atoms with Crippen LogP contribution in [0.1, 0.15) is 26.7 Å². The Hall–Kier alpha value is -3.27. The number of methoxy groups -OCH3 is 1. The maximum absolute atomic E-state index is 14.3. The zero-order valence-corrected chi connectivity index (χ0v) is 19.5. The molecule has 11 nitrogen and oxygen atoms in total. The van der Waals surface area contributed by atoms with Gasteiger partial charge in [0.2, 0.25) is 11.8 Å². The van der Waals surface area contributed by atoms with Crippen LogP contribution in [0.4, 0.5) is 28.0 Å². The van der Waals surface area contributed by atoms with Gasteiger partial charge < -0.3 is 24.5 Å². The van der Waals surface area contributed by atoms with Crippen LogP contribution in [0.5, 0.6) is 0 Å². The number of nitrogens with zero attached hydrogens (tertiary/aromatic N) is 2. The summed E-state index contributed by atoms with van der Waals surface area (Å²) < 4.78 is 92.8. The number of alkyl halides is 4. The minimum absolute atomic E-state index is 0.128. The first kappa shape index (κ1) is 26.3. The SMILES string of the molecule is COC(F)(c1nnc(-c2ccc3c(c2)NC(=O)[C@@H](NC(=O)OC(C)(C)C)CS3(=O)=O)o1)C(F)(F)F. The highest BCUT2D eigenvalue weighted by Crippen LogP contribution is 2.43. The topological polar surface area (TPSA) is 150 Å². The first-order valence-electron chi connectivity index (χ1n) is 9.79. The summed E-state index contributed by atoms with van der Waals surface area (Å²) >= 11 is 0. The van der Waals surface area contributed by atoms with Gasteiger partial charge in [0.05, 0.1) is 16.3 Å². The average Bonchev–Trinajstić information content (AvgIpc) is 3.17. The fraction of sp³-hybridized carbons (Fsp3) is 0.474. The number of halogens is 4. The van der Waals surface area contributed by atoms with Gasteiger partial charge in [-0.1, -0.05) is 0 Å². The van der Waals surface area contributed by atoms with Crippen molar-refractivity contribution in [2.24, 2.45) is 0 Å². The summed E-state index contributed by atoms with van der Waals surface area (Å²) in [6, 6.07) is 1.68. The average molecular weight is 524 g/mol. The molecule has 1 aromatic carbocycles. The molecule has 2 atom stereocenters. The molecule has 192 valence electrons. The lowest BCUT2D eigenvalue weighted by Crippen LogP contribution is -2.48. The molecule has 1 aliphatic heterocycles. The Bertz CT molecular complexity index is 1260. The van der Waals surface area contributed by atoms with Gasteiger partial charge in [-0.15, -0.1) is 10.2 Å². The third-order valence-corrected chi connectivity index (χ3v) is 6.36. The summed E-state index contributed by atoms with van der Waals surface area (Å²) in [5, 5.41) is 10.9. The van der Waals surface area contributed by atoms with Crippen LogP contribution in [-0.4, -0.2) is 61.3 Å². The summed E-state index contributed by atoms with van der Waals surface area (Å²) in [4.78, 5) is 24.3. The predicted octanol–water partition coefficient (Wildman–Crippen LogP) is 2.69. The van der Waals surface area contributed by atoms with Crippen LogP contribution in [0.2, 0.25) is 0 Å². The molecular formula is C19H20F4N4O7S. The van der Waals surface area contributed by atoms with Gasteiger partial charge in [0.25, 0.3) is 5.89 Å². The maximum Gasteiger partial charge on any atom is 0.458 e. The number of carbonyl (C=O) groups is 2. The zero-order chi connectivity index (χ0) is 26.4. The molecule has 2 N–H and O–H groups in total. The third kappa shape index (κ3) is 5.37. The Balaban J connectivity index is 1.93. The number of carbonyl (C=O) groups excluding carboxylic acids is 2. The van der Waals surface area contributed by atoms with E-state index >= 15 is 0 Å². The molecule has 0 spiro atoms. The van der Waals surface area contributed by atoms with E-state index in [4.69, 9.17) is 9.15 Å². The molecule has 0 fully saturated rings. The number of hydrogen-bond acceptors (Lipinski definition) is 9. The molecule has 0 bridgehead atoms. The molecule has 0 aliphatic carbocycles. The first-order chi connectivity index (χ1) is 16.0. The molecule has 35 heavy (non-hydrogen) atoms. The molecule has 1 unspecified atom stereocenters. The standard InChI is InChI=1S/C19H20F4N4O7S/c1-17(2,3)34-16(29)25-11-8-35(30,31)12-6-5-9(7-10(12)24-13(11)28)14-26-27-15(33-14)18(20,32-4)19(21,22)23/h5-7,11H,8H2,1-4H3,(H,24,28)(H,25,29)/t11-,18?/m0/s1. The van der Waals surface area contributed by atoms with Crippen molar-refractivity contribution in [3.63, 3.8) is 0 Å². The van der Waals surface area contributed by atoms with E-state index < -0.39 is 63.0 Å². The van der Waals surface area contributed by atoms with Crippen molar-refractivity contribution < 1.29 is 49.5 Å². The number of alkyl carbamates (subject to hydrolysis) is 1. The van der Waals surface area contributed by atoms with Crippen molar-refractivity contribution in [3.8, 4) is 11.5 Å². The van der Waals surface area contributed by atoms with E-state index in [0.717, 1.165) is 18.2 Å². The highest BCUT2D eigenvalue weighted by atomic mass is 32.2. The summed E-state index contributed by atoms with van der Waals surface area (Å²) in [5.74, 6) is -8.21. The second-order valence-corrected chi connectivity index (χ2v) is 10.4. The van der Waals surface area contributed by atoms with Crippen LogP contribution in [0.25, 0.3) is 11.5 Å². The van der Waals surface area contributed by atoms with Crippen molar-refractivity contribution in [2.75, 3.05) is 18.2 Å². The molecule has 1 aliphatic rings. The van der Waals surface area contributed by atoms with Crippen molar-refractivity contribution in [1.29, 1.82) is 0 Å². The van der Waals surface area contributed by atoms with Crippen LogP contribution in [0.15, 0.2) is 27.5 Å². The predicted molar refractivity (Wildman–Crippen MR) is 109 cm³/mol. The minimum atomic E-state index is -5.53. The van der Waals surface area contributed by atoms with Gasteiger partial charge in [-0.3, -0.25) is 4.79 Å². The van der Waals surface area contributed by atoms with Gasteiger partial charge >= 0.3 is 18.1 Å². The van der Waals surface area contributed by atoms with Crippen molar-refractivity contribution in [3.05, 3.63) is 24.1 Å². The lowest BCUT2D eigenvalue weighted by Gasteiger charge is -2.22. The third-order valence-electron chi connectivity index (χ3n) is 4.56. The molecule has 0 saturated heterocycles. The number of nitrogens with one attached hydrogen (secondary N) is 2. The molecule has 2 aromatic rings. The highest BCUT2D eigenvalue weighted by Gasteiger charge is 2.62. The molecule has 3 rings (SSSR count). The van der Waals surface area contributed by atoms with Crippen LogP contribution in [0.3, 0.4) is 0 Å². The summed E-state index contributed by atoms with van der Waals surface area (Å²) in [6.07, 6.45) is -6.55. The zero-order valence-electron chi connectivity index (χ0n) is 18.7. The Kier molecular flexibility index (Phi) is 6.58. The lowest BCUT2D eigenvalue weighted by atomic mass is 10.2. The second kappa shape index (κ2) is 8.75. The summed E-state index contributed by atoms with van der Waals surface area (Å²) in [7, 11) is -3.68. The number of ether oxygens (including phenoxy) is 2. The Morgan fingerprint density at radius 3 is 2.43 bits per heavy atom.